The fourth-order valence-electron chi connectivity index (χ4n) is 10.3. The van der Waals surface area contributed by atoms with Gasteiger partial charge in [0.15, 0.2) is 0 Å². The van der Waals surface area contributed by atoms with Crippen LogP contribution in [0.15, 0.2) is 277 Å². The SMILES string of the molecule is c1cc(-c2ccc(-c3ccc(N(c4ccc(-c5ccc(-c6cccc7ccccc67)cc5)cc4)c4ccc(-c5cc6ccccc6c6ccccc56)cc4)cc3)cc2)cc(-c2cc3ccccc3o2)c1. The predicted octanol–water partition coefficient (Wildman–Crippen LogP) is 19.4. The third kappa shape index (κ3) is 7.59. The molecule has 1 aromatic heterocycles. The molecule has 0 bridgehead atoms. The maximum absolute atomic E-state index is 6.20. The Kier molecular flexibility index (Phi) is 10.2. The molecule has 0 radical (unpaired) electrons. The van der Waals surface area contributed by atoms with E-state index in [0.29, 0.717) is 0 Å². The monoisotopic (exact) mass is 891 g/mol. The minimum absolute atomic E-state index is 0.877. The van der Waals surface area contributed by atoms with Gasteiger partial charge in [-0.05, 0) is 149 Å². The van der Waals surface area contributed by atoms with Crippen molar-refractivity contribution in [3.05, 3.63) is 273 Å². The minimum atomic E-state index is 0.877. The lowest BCUT2D eigenvalue weighted by atomic mass is 9.93. The first kappa shape index (κ1) is 41.0. The van der Waals surface area contributed by atoms with Crippen molar-refractivity contribution in [2.45, 2.75) is 0 Å². The Morgan fingerprint density at radius 1 is 0.229 bits per heavy atom. The normalized spacial score (nSPS) is 11.4. The number of furan rings is 1. The molecule has 0 atom stereocenters. The van der Waals surface area contributed by atoms with Gasteiger partial charge in [-0.15, -0.1) is 0 Å². The molecule has 70 heavy (non-hydrogen) atoms. The zero-order valence-electron chi connectivity index (χ0n) is 38.3. The molecular weight excluding hydrogens is 847 g/mol. The molecular formula is C68H45NO. The summed E-state index contributed by atoms with van der Waals surface area (Å²) >= 11 is 0. The maximum atomic E-state index is 6.20. The lowest BCUT2D eigenvalue weighted by Gasteiger charge is -2.26. The van der Waals surface area contributed by atoms with Crippen LogP contribution in [0.1, 0.15) is 0 Å². The second-order valence-electron chi connectivity index (χ2n) is 18.1. The highest BCUT2D eigenvalue weighted by atomic mass is 16.3. The van der Waals surface area contributed by atoms with Crippen molar-refractivity contribution in [2.24, 2.45) is 0 Å². The van der Waals surface area contributed by atoms with Gasteiger partial charge in [-0.25, -0.2) is 0 Å². The van der Waals surface area contributed by atoms with Crippen LogP contribution in [0.5, 0.6) is 0 Å². The lowest BCUT2D eigenvalue weighted by Crippen LogP contribution is -2.09. The molecule has 0 saturated heterocycles. The first-order valence-corrected chi connectivity index (χ1v) is 24.0. The highest BCUT2D eigenvalue weighted by Gasteiger charge is 2.16. The molecule has 0 aliphatic heterocycles. The summed E-state index contributed by atoms with van der Waals surface area (Å²) < 4.78 is 6.20. The van der Waals surface area contributed by atoms with E-state index in [9.17, 15) is 0 Å². The Labute approximate surface area is 407 Å². The first-order chi connectivity index (χ1) is 34.7. The van der Waals surface area contributed by atoms with Crippen LogP contribution in [0.3, 0.4) is 0 Å². The molecule has 0 spiro atoms. The van der Waals surface area contributed by atoms with E-state index in [1.54, 1.807) is 0 Å². The number of fused-ring (bicyclic) bond motifs is 5. The molecule has 2 heteroatoms. The van der Waals surface area contributed by atoms with Crippen molar-refractivity contribution in [3.8, 4) is 67.0 Å². The van der Waals surface area contributed by atoms with Crippen molar-refractivity contribution in [3.63, 3.8) is 0 Å². The van der Waals surface area contributed by atoms with Gasteiger partial charge >= 0.3 is 0 Å². The molecule has 0 unspecified atom stereocenters. The summed E-state index contributed by atoms with van der Waals surface area (Å²) in [4.78, 5) is 2.36. The summed E-state index contributed by atoms with van der Waals surface area (Å²) in [5.41, 5.74) is 17.1. The predicted molar refractivity (Wildman–Crippen MR) is 296 cm³/mol. The van der Waals surface area contributed by atoms with Crippen LogP contribution in [0.4, 0.5) is 17.1 Å². The van der Waals surface area contributed by atoms with E-state index in [2.05, 4.69) is 260 Å². The summed E-state index contributed by atoms with van der Waals surface area (Å²) in [6.07, 6.45) is 0. The molecule has 13 aromatic rings. The standard InChI is InChI=1S/C68H45NO/c1-4-17-61-51(11-1)14-10-21-62(61)52-29-27-47(28-30-52)49-33-39-59(40-34-49)69(60-41-35-53(36-42-60)66-44-55-12-2-5-18-63(55)64-19-6-7-20-65(64)66)58-37-31-48(32-38-58)46-23-25-50(26-24-46)54-15-9-16-56(43-54)68-45-57-13-3-8-22-67(57)70-68/h1-45H. The Bertz CT molecular complexity index is 3980. The summed E-state index contributed by atoms with van der Waals surface area (Å²) in [6, 6.07) is 98.6. The molecule has 1 heterocycles. The van der Waals surface area contributed by atoms with E-state index in [-0.39, 0.29) is 0 Å². The lowest BCUT2D eigenvalue weighted by molar-refractivity contribution is 0.631. The summed E-state index contributed by atoms with van der Waals surface area (Å²) in [5.74, 6) is 0.877. The first-order valence-electron chi connectivity index (χ1n) is 24.0. The van der Waals surface area contributed by atoms with E-state index >= 15 is 0 Å². The van der Waals surface area contributed by atoms with Gasteiger partial charge in [0.1, 0.15) is 11.3 Å². The summed E-state index contributed by atoms with van der Waals surface area (Å²) in [7, 11) is 0. The minimum Gasteiger partial charge on any atom is -0.456 e. The second-order valence-corrected chi connectivity index (χ2v) is 18.1. The molecule has 12 aromatic carbocycles. The van der Waals surface area contributed by atoms with Crippen LogP contribution in [-0.2, 0) is 0 Å². The van der Waals surface area contributed by atoms with Crippen molar-refractivity contribution in [2.75, 3.05) is 4.90 Å². The number of hydrogen-bond donors (Lipinski definition) is 0. The number of benzene rings is 12. The van der Waals surface area contributed by atoms with Crippen LogP contribution in [0.2, 0.25) is 0 Å². The molecule has 0 amide bonds. The molecule has 0 fully saturated rings. The van der Waals surface area contributed by atoms with Crippen molar-refractivity contribution < 1.29 is 4.42 Å². The molecule has 0 N–H and O–H groups in total. The molecule has 2 nitrogen and oxygen atoms in total. The van der Waals surface area contributed by atoms with E-state index in [0.717, 1.165) is 61.6 Å². The number of para-hydroxylation sites is 1. The van der Waals surface area contributed by atoms with Crippen LogP contribution in [0.25, 0.3) is 110 Å². The van der Waals surface area contributed by atoms with Crippen LogP contribution < -0.4 is 4.90 Å². The Morgan fingerprint density at radius 2 is 0.657 bits per heavy atom. The van der Waals surface area contributed by atoms with Gasteiger partial charge in [-0.1, -0.05) is 212 Å². The third-order valence-corrected chi connectivity index (χ3v) is 13.9. The highest BCUT2D eigenvalue weighted by molar-refractivity contribution is 6.13. The number of nitrogens with zero attached hydrogens (tertiary/aromatic N) is 1. The van der Waals surface area contributed by atoms with Gasteiger partial charge in [-0.3, -0.25) is 0 Å². The fourth-order valence-corrected chi connectivity index (χ4v) is 10.3. The van der Waals surface area contributed by atoms with Crippen LogP contribution in [0, 0.1) is 0 Å². The van der Waals surface area contributed by atoms with Gasteiger partial charge < -0.3 is 9.32 Å². The molecule has 328 valence electrons. The Hall–Kier alpha value is -9.24. The Balaban J connectivity index is 0.820. The number of anilines is 3. The summed E-state index contributed by atoms with van der Waals surface area (Å²) in [6.45, 7) is 0. The van der Waals surface area contributed by atoms with Crippen LogP contribution >= 0.6 is 0 Å². The van der Waals surface area contributed by atoms with Gasteiger partial charge in [0, 0.05) is 28.0 Å². The zero-order valence-corrected chi connectivity index (χ0v) is 38.3. The van der Waals surface area contributed by atoms with E-state index in [1.165, 1.54) is 65.7 Å². The average Bonchev–Trinajstić information content (AvgIpc) is 3.89. The van der Waals surface area contributed by atoms with Gasteiger partial charge in [0.05, 0.1) is 0 Å². The quantitative estimate of drug-likeness (QED) is 0.134. The average molecular weight is 892 g/mol. The van der Waals surface area contributed by atoms with Gasteiger partial charge in [0.2, 0.25) is 0 Å². The van der Waals surface area contributed by atoms with Crippen molar-refractivity contribution in [1.29, 1.82) is 0 Å². The fraction of sp³-hybridized carbons (Fsp3) is 0. The van der Waals surface area contributed by atoms with Gasteiger partial charge in [-0.2, -0.15) is 0 Å². The van der Waals surface area contributed by atoms with Crippen molar-refractivity contribution in [1.82, 2.24) is 0 Å². The van der Waals surface area contributed by atoms with E-state index in [1.807, 2.05) is 18.2 Å². The number of hydrogen-bond acceptors (Lipinski definition) is 2. The van der Waals surface area contributed by atoms with E-state index in [4.69, 9.17) is 4.42 Å². The third-order valence-electron chi connectivity index (χ3n) is 13.9. The zero-order chi connectivity index (χ0) is 46.4. The molecule has 0 saturated carbocycles. The Morgan fingerprint density at radius 3 is 1.29 bits per heavy atom. The topological polar surface area (TPSA) is 16.4 Å². The molecule has 0 aliphatic carbocycles. The van der Waals surface area contributed by atoms with Crippen molar-refractivity contribution >= 4 is 60.3 Å². The van der Waals surface area contributed by atoms with Crippen LogP contribution in [-0.4, -0.2) is 0 Å². The highest BCUT2D eigenvalue weighted by Crippen LogP contribution is 2.41. The summed E-state index contributed by atoms with van der Waals surface area (Å²) in [5, 5.41) is 8.68. The maximum Gasteiger partial charge on any atom is 0.135 e. The number of rotatable bonds is 9. The smallest absolute Gasteiger partial charge is 0.135 e. The molecule has 0 aliphatic rings. The van der Waals surface area contributed by atoms with E-state index < -0.39 is 0 Å². The largest absolute Gasteiger partial charge is 0.456 e. The van der Waals surface area contributed by atoms with Gasteiger partial charge in [0.25, 0.3) is 0 Å². The second kappa shape index (κ2) is 17.4. The molecule has 13 rings (SSSR count).